The van der Waals surface area contributed by atoms with Crippen molar-refractivity contribution in [1.29, 1.82) is 0 Å². The second-order valence-electron chi connectivity index (χ2n) is 7.17. The van der Waals surface area contributed by atoms with Crippen molar-refractivity contribution < 1.29 is 28.4 Å². The maximum Gasteiger partial charge on any atom is 0.352 e. The van der Waals surface area contributed by atoms with Gasteiger partial charge in [0.1, 0.15) is 32.2 Å². The normalized spacial score (nSPS) is 21.4. The first-order valence-electron chi connectivity index (χ1n) is 10.00. The number of aromatic nitrogens is 2. The van der Waals surface area contributed by atoms with Gasteiger partial charge in [0.25, 0.3) is 17.5 Å². The summed E-state index contributed by atoms with van der Waals surface area (Å²) in [4.78, 5) is 39.8. The minimum Gasteiger partial charge on any atom is -0.477 e. The van der Waals surface area contributed by atoms with Gasteiger partial charge in [-0.05, 0) is 23.6 Å². The number of aliphatic carboxylic acids is 1. The Balaban J connectivity index is 1.54. The second-order valence-corrected chi connectivity index (χ2v) is 12.0. The number of carbonyl (C=O) groups excluding carboxylic acids is 2. The number of hydrogen-bond acceptors (Lipinski definition) is 12. The number of β-lactam (4-membered cyclic amide) rings is 1. The number of amides is 2. The molecule has 4 rings (SSSR count). The lowest BCUT2D eigenvalue weighted by molar-refractivity contribution is -0.191. The topological polar surface area (TPSA) is 165 Å². The molecule has 2 atom stereocenters. The van der Waals surface area contributed by atoms with Gasteiger partial charge in [-0.1, -0.05) is 29.2 Å². The average Bonchev–Trinajstić information content (AvgIpc) is 3.53. The number of carboxylic acids is 1. The quantitative estimate of drug-likeness (QED) is 0.118. The molecule has 4 heterocycles. The standard InChI is InChI=1S/C19H19N5O6S5/c1-30-19(21-14(25)13(35-29)10-3-2-6-31-10)16(28)24-12(15(26)27)9(7-32-17(19)24)8-33-18-23-22-11(34-18)4-5-20/h2-3,6,17H,4-5,7-8,20H2,1H3,(H,21,25)(H,26,27)/t17-,19+/m1/s1. The van der Waals surface area contributed by atoms with Crippen molar-refractivity contribution in [2.45, 2.75) is 21.9 Å². The summed E-state index contributed by atoms with van der Waals surface area (Å²) in [7, 11) is 1.26. The maximum absolute atomic E-state index is 13.2. The molecule has 2 amide bonds. The molecule has 0 bridgehead atoms. The summed E-state index contributed by atoms with van der Waals surface area (Å²) in [6, 6.07) is 3.33. The van der Waals surface area contributed by atoms with Crippen molar-refractivity contribution in [1.82, 2.24) is 20.4 Å². The Morgan fingerprint density at radius 1 is 1.43 bits per heavy atom. The molecule has 2 aromatic rings. The van der Waals surface area contributed by atoms with Gasteiger partial charge in [-0.25, -0.2) is 9.00 Å². The Bertz CT molecular complexity index is 1240. The van der Waals surface area contributed by atoms with E-state index in [1.807, 2.05) is 0 Å². The Hall–Kier alpha value is -2.08. The van der Waals surface area contributed by atoms with E-state index in [9.17, 15) is 23.7 Å². The minimum atomic E-state index is -1.78. The van der Waals surface area contributed by atoms with Gasteiger partial charge in [0.05, 0.1) is 4.88 Å². The number of thioether (sulfide) groups is 2. The molecule has 0 aliphatic carbocycles. The zero-order chi connectivity index (χ0) is 25.2. The zero-order valence-electron chi connectivity index (χ0n) is 18.1. The van der Waals surface area contributed by atoms with Crippen molar-refractivity contribution in [3.05, 3.63) is 38.7 Å². The number of thiophene rings is 1. The van der Waals surface area contributed by atoms with E-state index in [-0.39, 0.29) is 21.8 Å². The fourth-order valence-electron chi connectivity index (χ4n) is 3.55. The molecular weight excluding hydrogens is 555 g/mol. The first-order valence-corrected chi connectivity index (χ1v) is 14.5. The van der Waals surface area contributed by atoms with Crippen LogP contribution in [-0.4, -0.2) is 83.3 Å². The maximum atomic E-state index is 13.2. The van der Waals surface area contributed by atoms with E-state index in [4.69, 9.17) is 10.5 Å². The highest BCUT2D eigenvalue weighted by molar-refractivity contribution is 8.01. The predicted octanol–water partition coefficient (Wildman–Crippen LogP) is 0.339. The van der Waals surface area contributed by atoms with Gasteiger partial charge >= 0.3 is 5.97 Å². The van der Waals surface area contributed by atoms with E-state index in [0.29, 0.717) is 39.3 Å². The summed E-state index contributed by atoms with van der Waals surface area (Å²) < 4.78 is 17.7. The summed E-state index contributed by atoms with van der Waals surface area (Å²) in [6.45, 7) is 0.459. The molecule has 0 saturated carbocycles. The van der Waals surface area contributed by atoms with E-state index in [2.05, 4.69) is 15.5 Å². The van der Waals surface area contributed by atoms with Gasteiger partial charge < -0.3 is 20.9 Å². The van der Waals surface area contributed by atoms with Gasteiger partial charge in [0.15, 0.2) is 4.34 Å². The van der Waals surface area contributed by atoms with Crippen LogP contribution in [0.15, 0.2) is 33.1 Å². The van der Waals surface area contributed by atoms with Crippen LogP contribution in [0.3, 0.4) is 0 Å². The second kappa shape index (κ2) is 10.9. The summed E-state index contributed by atoms with van der Waals surface area (Å²) in [5, 5.41) is 22.3. The molecule has 2 aliphatic heterocycles. The molecular formula is C19H19N5O6S5. The summed E-state index contributed by atoms with van der Waals surface area (Å²) in [5.74, 6) is -2.12. The Kier molecular flexibility index (Phi) is 8.09. The number of carboxylic acid groups (broad SMARTS) is 1. The molecule has 0 spiro atoms. The van der Waals surface area contributed by atoms with Gasteiger partial charge in [0.2, 0.25) is 0 Å². The largest absolute Gasteiger partial charge is 0.477 e. The third-order valence-electron chi connectivity index (χ3n) is 5.14. The first-order chi connectivity index (χ1) is 16.9. The minimum absolute atomic E-state index is 0.0217. The van der Waals surface area contributed by atoms with E-state index in [1.54, 1.807) is 17.5 Å². The number of nitrogens with zero attached hydrogens (tertiary/aromatic N) is 3. The summed E-state index contributed by atoms with van der Waals surface area (Å²) in [6.07, 6.45) is 0.614. The van der Waals surface area contributed by atoms with Gasteiger partial charge in [-0.15, -0.1) is 33.3 Å². The molecule has 11 nitrogen and oxygen atoms in total. The lowest BCUT2D eigenvalue weighted by atomic mass is 9.98. The van der Waals surface area contributed by atoms with Gasteiger partial charge in [-0.2, -0.15) is 0 Å². The molecule has 0 radical (unpaired) electrons. The molecule has 186 valence electrons. The van der Waals surface area contributed by atoms with Crippen molar-refractivity contribution in [2.24, 2.45) is 5.73 Å². The molecule has 35 heavy (non-hydrogen) atoms. The molecule has 1 fully saturated rings. The van der Waals surface area contributed by atoms with Crippen LogP contribution in [0, 0.1) is 0 Å². The van der Waals surface area contributed by atoms with E-state index >= 15 is 0 Å². The highest BCUT2D eigenvalue weighted by Crippen LogP contribution is 2.47. The van der Waals surface area contributed by atoms with Crippen LogP contribution < -0.4 is 11.1 Å². The number of nitrogens with one attached hydrogen (secondary N) is 1. The van der Waals surface area contributed by atoms with Crippen LogP contribution in [-0.2, 0) is 36.8 Å². The van der Waals surface area contributed by atoms with Crippen molar-refractivity contribution in [3.8, 4) is 0 Å². The van der Waals surface area contributed by atoms with Crippen LogP contribution in [0.5, 0.6) is 0 Å². The van der Waals surface area contributed by atoms with E-state index in [0.717, 1.165) is 9.91 Å². The molecule has 0 unspecified atom stereocenters. The van der Waals surface area contributed by atoms with E-state index in [1.165, 1.54) is 53.3 Å². The fourth-order valence-corrected chi connectivity index (χ4v) is 8.22. The SMILES string of the molecule is CO[C@@]1(NC(=O)C(=S=O)c2cccs2)C(=O)N2C(C(=O)O)=C(CSc3nnc(CCN)s3)CS[C@@H]21. The molecule has 4 N–H and O–H groups in total. The van der Waals surface area contributed by atoms with Crippen molar-refractivity contribution in [3.63, 3.8) is 0 Å². The Morgan fingerprint density at radius 3 is 2.86 bits per heavy atom. The monoisotopic (exact) mass is 573 g/mol. The molecule has 1 saturated heterocycles. The number of carbonyl (C=O) groups is 3. The third kappa shape index (κ3) is 4.83. The molecule has 2 aliphatic rings. The average molecular weight is 574 g/mol. The lowest BCUT2D eigenvalue weighted by Gasteiger charge is -2.55. The third-order valence-corrected chi connectivity index (χ3v) is 10.3. The van der Waals surface area contributed by atoms with Crippen LogP contribution in [0.1, 0.15) is 9.88 Å². The Morgan fingerprint density at radius 2 is 2.23 bits per heavy atom. The van der Waals surface area contributed by atoms with Gasteiger partial charge in [-0.3, -0.25) is 14.5 Å². The number of hydrogen-bond donors (Lipinski definition) is 3. The van der Waals surface area contributed by atoms with Crippen LogP contribution in [0.2, 0.25) is 0 Å². The van der Waals surface area contributed by atoms with Crippen LogP contribution in [0.25, 0.3) is 0 Å². The van der Waals surface area contributed by atoms with Gasteiger partial charge in [0, 0.05) is 25.0 Å². The molecule has 0 aromatic carbocycles. The number of fused-ring (bicyclic) bond motifs is 1. The number of ether oxygens (including phenoxy) is 1. The van der Waals surface area contributed by atoms with Crippen LogP contribution in [0.4, 0.5) is 0 Å². The van der Waals surface area contributed by atoms with Crippen molar-refractivity contribution in [2.75, 3.05) is 25.2 Å². The number of methoxy groups -OCH3 is 1. The zero-order valence-corrected chi connectivity index (χ0v) is 22.2. The fraction of sp³-hybridized carbons (Fsp3) is 0.368. The Labute approximate surface area is 219 Å². The highest BCUT2D eigenvalue weighted by Gasteiger charge is 2.66. The van der Waals surface area contributed by atoms with E-state index < -0.39 is 28.9 Å². The number of rotatable bonds is 10. The van der Waals surface area contributed by atoms with Crippen molar-refractivity contribution >= 4 is 80.1 Å². The summed E-state index contributed by atoms with van der Waals surface area (Å²) in [5.41, 5.74) is 4.16. The number of nitrogens with two attached hydrogens (primary N) is 1. The molecule has 2 aromatic heterocycles. The highest BCUT2D eigenvalue weighted by atomic mass is 32.2. The smallest absolute Gasteiger partial charge is 0.352 e. The predicted molar refractivity (Wildman–Crippen MR) is 136 cm³/mol. The first kappa shape index (κ1) is 26.0. The summed E-state index contributed by atoms with van der Waals surface area (Å²) >= 11 is 5.24. The van der Waals surface area contributed by atoms with Crippen LogP contribution >= 0.6 is 46.2 Å². The lowest BCUT2D eigenvalue weighted by Crippen LogP contribution is -2.81. The molecule has 16 heteroatoms.